The second-order valence-electron chi connectivity index (χ2n) is 7.63. The van der Waals surface area contributed by atoms with E-state index in [-0.39, 0.29) is 12.4 Å². The molecule has 2 heterocycles. The largest absolute Gasteiger partial charge is 0.508 e. The molecule has 1 saturated heterocycles. The monoisotopic (exact) mass is 438 g/mol. The molecule has 0 radical (unpaired) electrons. The average Bonchev–Trinajstić information content (AvgIpc) is 3.21. The number of rotatable bonds is 6. The van der Waals surface area contributed by atoms with E-state index in [2.05, 4.69) is 32.8 Å². The van der Waals surface area contributed by atoms with Crippen molar-refractivity contribution in [2.45, 2.75) is 6.54 Å². The smallest absolute Gasteiger partial charge is 0.426 e. The van der Waals surface area contributed by atoms with E-state index in [0.29, 0.717) is 12.1 Å². The molecule has 32 heavy (non-hydrogen) atoms. The van der Waals surface area contributed by atoms with Gasteiger partial charge < -0.3 is 14.3 Å². The number of ether oxygens (including phenoxy) is 1. The van der Waals surface area contributed by atoms with Crippen LogP contribution in [0.15, 0.2) is 59.0 Å². The lowest BCUT2D eigenvalue weighted by Crippen LogP contribution is -2.47. The van der Waals surface area contributed by atoms with Crippen LogP contribution in [0.1, 0.15) is 16.1 Å². The third kappa shape index (κ3) is 5.77. The Bertz CT molecular complexity index is 1020. The van der Waals surface area contributed by atoms with Crippen molar-refractivity contribution in [2.24, 2.45) is 0 Å². The molecule has 2 amide bonds. The number of hydrogen-bond donors (Lipinski definition) is 3. The molecule has 1 aromatic heterocycles. The van der Waals surface area contributed by atoms with E-state index in [4.69, 9.17) is 9.15 Å². The van der Waals surface area contributed by atoms with Crippen LogP contribution in [0.5, 0.6) is 5.75 Å². The fraction of sp³-hybridized carbons (Fsp3) is 0.304. The van der Waals surface area contributed by atoms with E-state index in [0.717, 1.165) is 49.5 Å². The number of fused-ring (bicyclic) bond motifs is 1. The number of carbonyl (C=O) groups is 2. The summed E-state index contributed by atoms with van der Waals surface area (Å²) in [7, 11) is 0. The van der Waals surface area contributed by atoms with Crippen molar-refractivity contribution in [1.29, 1.82) is 0 Å². The van der Waals surface area contributed by atoms with Crippen LogP contribution < -0.4 is 10.9 Å². The summed E-state index contributed by atoms with van der Waals surface area (Å²) < 4.78 is 11.0. The van der Waals surface area contributed by atoms with Gasteiger partial charge in [-0.2, -0.15) is 0 Å². The molecule has 0 saturated carbocycles. The van der Waals surface area contributed by atoms with E-state index in [1.165, 1.54) is 24.3 Å². The molecule has 0 aliphatic carbocycles. The molecule has 1 aliphatic heterocycles. The van der Waals surface area contributed by atoms with E-state index < -0.39 is 12.0 Å². The first-order valence-corrected chi connectivity index (χ1v) is 10.5. The highest BCUT2D eigenvalue weighted by atomic mass is 16.6. The van der Waals surface area contributed by atoms with Gasteiger partial charge in [0.05, 0.1) is 6.54 Å². The van der Waals surface area contributed by atoms with Crippen LogP contribution in [0, 0.1) is 0 Å². The first-order chi connectivity index (χ1) is 15.6. The first-order valence-electron chi connectivity index (χ1n) is 10.5. The Morgan fingerprint density at radius 3 is 2.44 bits per heavy atom. The molecule has 3 N–H and O–H groups in total. The maximum atomic E-state index is 11.9. The fourth-order valence-corrected chi connectivity index (χ4v) is 3.60. The molecule has 0 bridgehead atoms. The van der Waals surface area contributed by atoms with Gasteiger partial charge in [-0.05, 0) is 36.4 Å². The molecule has 9 heteroatoms. The molecular weight excluding hydrogens is 412 g/mol. The van der Waals surface area contributed by atoms with Crippen molar-refractivity contribution in [3.63, 3.8) is 0 Å². The Labute approximate surface area is 185 Å². The van der Waals surface area contributed by atoms with E-state index >= 15 is 0 Å². The van der Waals surface area contributed by atoms with Crippen LogP contribution in [0.4, 0.5) is 4.79 Å². The van der Waals surface area contributed by atoms with Crippen molar-refractivity contribution < 1.29 is 23.8 Å². The third-order valence-corrected chi connectivity index (χ3v) is 5.37. The number of nitrogens with zero attached hydrogens (tertiary/aromatic N) is 2. The zero-order chi connectivity index (χ0) is 22.3. The number of nitrogens with one attached hydrogen (secondary N) is 2. The predicted molar refractivity (Wildman–Crippen MR) is 118 cm³/mol. The molecule has 168 valence electrons. The molecule has 0 unspecified atom stereocenters. The summed E-state index contributed by atoms with van der Waals surface area (Å²) in [5, 5.41) is 10.4. The van der Waals surface area contributed by atoms with Crippen molar-refractivity contribution in [2.75, 3.05) is 39.3 Å². The maximum absolute atomic E-state index is 11.9. The van der Waals surface area contributed by atoms with Gasteiger partial charge in [-0.3, -0.25) is 20.0 Å². The van der Waals surface area contributed by atoms with Crippen molar-refractivity contribution in [3.05, 3.63) is 65.9 Å². The lowest BCUT2D eigenvalue weighted by atomic mass is 10.2. The van der Waals surface area contributed by atoms with Crippen molar-refractivity contribution >= 4 is 23.0 Å². The number of amides is 2. The summed E-state index contributed by atoms with van der Waals surface area (Å²) in [6, 6.07) is 15.8. The summed E-state index contributed by atoms with van der Waals surface area (Å²) in [5.41, 5.74) is 5.71. The van der Waals surface area contributed by atoms with Crippen LogP contribution in [0.25, 0.3) is 11.0 Å². The maximum Gasteiger partial charge on any atom is 0.426 e. The summed E-state index contributed by atoms with van der Waals surface area (Å²) in [4.78, 5) is 28.3. The number of benzene rings is 2. The van der Waals surface area contributed by atoms with Crippen molar-refractivity contribution in [1.82, 2.24) is 20.7 Å². The van der Waals surface area contributed by atoms with Gasteiger partial charge in [-0.25, -0.2) is 10.2 Å². The standard InChI is InChI=1S/C23H26N4O5/c28-19-7-5-17(6-8-19)22(29)24-25-23(30)31-14-13-26-9-11-27(12-10-26)16-20-15-18-3-1-2-4-21(18)32-20/h1-8,15,28H,9-14,16H2,(H,24,29)(H,25,30). The number of furan rings is 1. The van der Waals surface area contributed by atoms with Gasteiger partial charge in [0.15, 0.2) is 0 Å². The molecule has 2 aromatic carbocycles. The van der Waals surface area contributed by atoms with Gasteiger partial charge in [0.1, 0.15) is 23.7 Å². The highest BCUT2D eigenvalue weighted by Crippen LogP contribution is 2.20. The Morgan fingerprint density at radius 1 is 0.969 bits per heavy atom. The SMILES string of the molecule is O=C(NNC(=O)c1ccc(O)cc1)OCCN1CCN(Cc2cc3ccccc3o2)CC1. The minimum absolute atomic E-state index is 0.0595. The number of aromatic hydroxyl groups is 1. The quantitative estimate of drug-likeness (QED) is 0.507. The molecule has 0 atom stereocenters. The molecule has 1 aliphatic rings. The Morgan fingerprint density at radius 2 is 1.69 bits per heavy atom. The molecule has 9 nitrogen and oxygen atoms in total. The van der Waals surface area contributed by atoms with Gasteiger partial charge in [-0.1, -0.05) is 18.2 Å². The number of hydrogen-bond acceptors (Lipinski definition) is 7. The number of carbonyl (C=O) groups excluding carboxylic acids is 2. The van der Waals surface area contributed by atoms with E-state index in [1.54, 1.807) is 0 Å². The van der Waals surface area contributed by atoms with Crippen LogP contribution in [0.3, 0.4) is 0 Å². The minimum Gasteiger partial charge on any atom is -0.508 e. The minimum atomic E-state index is -0.722. The molecule has 3 aromatic rings. The normalized spacial score (nSPS) is 14.9. The Hall–Kier alpha value is -3.56. The second-order valence-corrected chi connectivity index (χ2v) is 7.63. The third-order valence-electron chi connectivity index (χ3n) is 5.37. The summed E-state index contributed by atoms with van der Waals surface area (Å²) >= 11 is 0. The molecule has 1 fully saturated rings. The van der Waals surface area contributed by atoms with Crippen molar-refractivity contribution in [3.8, 4) is 5.75 Å². The highest BCUT2D eigenvalue weighted by Gasteiger charge is 2.18. The molecule has 4 rings (SSSR count). The number of phenols is 1. The zero-order valence-corrected chi connectivity index (χ0v) is 17.6. The van der Waals surface area contributed by atoms with Crippen LogP contribution in [-0.4, -0.2) is 66.2 Å². The van der Waals surface area contributed by atoms with Gasteiger partial charge in [0.25, 0.3) is 5.91 Å². The second kappa shape index (κ2) is 10.2. The summed E-state index contributed by atoms with van der Waals surface area (Å²) in [5.74, 6) is 0.529. The summed E-state index contributed by atoms with van der Waals surface area (Å²) in [6.45, 7) is 5.20. The average molecular weight is 438 g/mol. The summed E-state index contributed by atoms with van der Waals surface area (Å²) in [6.07, 6.45) is -0.722. The highest BCUT2D eigenvalue weighted by molar-refractivity contribution is 5.95. The Kier molecular flexibility index (Phi) is 6.88. The molecule has 0 spiro atoms. The Balaban J connectivity index is 1.11. The van der Waals surface area contributed by atoms with Gasteiger partial charge >= 0.3 is 6.09 Å². The van der Waals surface area contributed by atoms with Crippen LogP contribution in [-0.2, 0) is 11.3 Å². The van der Waals surface area contributed by atoms with Gasteiger partial charge in [0, 0.05) is 43.7 Å². The lowest BCUT2D eigenvalue weighted by Gasteiger charge is -2.33. The van der Waals surface area contributed by atoms with Gasteiger partial charge in [-0.15, -0.1) is 0 Å². The van der Waals surface area contributed by atoms with E-state index in [9.17, 15) is 14.7 Å². The first kappa shape index (κ1) is 21.7. The number of hydrazine groups is 1. The lowest BCUT2D eigenvalue weighted by molar-refractivity contribution is 0.0831. The predicted octanol–water partition coefficient (Wildman–Crippen LogP) is 2.33. The number of para-hydroxylation sites is 1. The van der Waals surface area contributed by atoms with Crippen LogP contribution >= 0.6 is 0 Å². The van der Waals surface area contributed by atoms with E-state index in [1.807, 2.05) is 18.2 Å². The number of piperazine rings is 1. The van der Waals surface area contributed by atoms with Crippen LogP contribution in [0.2, 0.25) is 0 Å². The number of phenolic OH excluding ortho intramolecular Hbond substituents is 1. The van der Waals surface area contributed by atoms with Gasteiger partial charge in [0.2, 0.25) is 0 Å². The zero-order valence-electron chi connectivity index (χ0n) is 17.6. The fourth-order valence-electron chi connectivity index (χ4n) is 3.60. The molecular formula is C23H26N4O5. The topological polar surface area (TPSA) is 107 Å².